The molecule has 0 atom stereocenters. The van der Waals surface area contributed by atoms with Crippen molar-refractivity contribution in [3.05, 3.63) is 62.6 Å². The highest BCUT2D eigenvalue weighted by Crippen LogP contribution is 2.24. The maximum atomic E-state index is 12.2. The first-order valence-electron chi connectivity index (χ1n) is 6.04. The van der Waals surface area contributed by atoms with E-state index in [2.05, 4.69) is 21.2 Å². The van der Waals surface area contributed by atoms with E-state index >= 15 is 0 Å². The van der Waals surface area contributed by atoms with Crippen molar-refractivity contribution in [1.29, 1.82) is 0 Å². The van der Waals surface area contributed by atoms with Gasteiger partial charge in [0.1, 0.15) is 4.99 Å². The summed E-state index contributed by atoms with van der Waals surface area (Å²) in [7, 11) is 0. The van der Waals surface area contributed by atoms with Gasteiger partial charge in [0.15, 0.2) is 0 Å². The number of hydrogen-bond donors (Lipinski definition) is 2. The van der Waals surface area contributed by atoms with Crippen LogP contribution in [-0.2, 0) is 0 Å². The van der Waals surface area contributed by atoms with Gasteiger partial charge in [-0.15, -0.1) is 0 Å². The lowest BCUT2D eigenvalue weighted by Crippen LogP contribution is -2.13. The average molecular weight is 384 g/mol. The Labute approximate surface area is 141 Å². The van der Waals surface area contributed by atoms with Crippen molar-refractivity contribution >= 4 is 56.3 Å². The Morgan fingerprint density at radius 2 is 1.95 bits per heavy atom. The van der Waals surface area contributed by atoms with Crippen LogP contribution in [0.1, 0.15) is 21.5 Å². The zero-order chi connectivity index (χ0) is 15.6. The van der Waals surface area contributed by atoms with Crippen molar-refractivity contribution in [1.82, 2.24) is 0 Å². The second kappa shape index (κ2) is 6.56. The molecule has 0 unspecified atom stereocenters. The second-order valence-electron chi connectivity index (χ2n) is 4.53. The van der Waals surface area contributed by atoms with Crippen molar-refractivity contribution in [2.24, 2.45) is 5.73 Å². The fraction of sp³-hybridized carbons (Fsp3) is 0.0667. The third-order valence-electron chi connectivity index (χ3n) is 2.81. The van der Waals surface area contributed by atoms with Gasteiger partial charge in [-0.25, -0.2) is 0 Å². The number of carbonyl (C=O) groups is 1. The van der Waals surface area contributed by atoms with Crippen LogP contribution in [0.2, 0.25) is 5.02 Å². The van der Waals surface area contributed by atoms with Gasteiger partial charge in [-0.05, 0) is 48.9 Å². The van der Waals surface area contributed by atoms with Crippen molar-refractivity contribution in [3.63, 3.8) is 0 Å². The lowest BCUT2D eigenvalue weighted by molar-refractivity contribution is 0.102. The zero-order valence-corrected chi connectivity index (χ0v) is 14.3. The van der Waals surface area contributed by atoms with Gasteiger partial charge in [0.25, 0.3) is 5.91 Å². The van der Waals surface area contributed by atoms with Crippen LogP contribution in [-0.4, -0.2) is 10.9 Å². The summed E-state index contributed by atoms with van der Waals surface area (Å²) in [5.41, 5.74) is 8.25. The van der Waals surface area contributed by atoms with Gasteiger partial charge in [-0.2, -0.15) is 0 Å². The van der Waals surface area contributed by atoms with E-state index in [-0.39, 0.29) is 10.9 Å². The number of halogens is 2. The van der Waals surface area contributed by atoms with E-state index in [0.29, 0.717) is 21.8 Å². The van der Waals surface area contributed by atoms with Crippen LogP contribution in [0, 0.1) is 6.92 Å². The summed E-state index contributed by atoms with van der Waals surface area (Å²) in [5, 5.41) is 3.16. The minimum atomic E-state index is -0.232. The van der Waals surface area contributed by atoms with Crippen molar-refractivity contribution < 1.29 is 4.79 Å². The monoisotopic (exact) mass is 382 g/mol. The van der Waals surface area contributed by atoms with E-state index in [0.717, 1.165) is 10.0 Å². The van der Waals surface area contributed by atoms with Gasteiger partial charge in [0.05, 0.1) is 10.7 Å². The van der Waals surface area contributed by atoms with Crippen LogP contribution in [0.3, 0.4) is 0 Å². The Kier molecular flexibility index (Phi) is 4.98. The largest absolute Gasteiger partial charge is 0.389 e. The van der Waals surface area contributed by atoms with Gasteiger partial charge >= 0.3 is 0 Å². The molecule has 0 aliphatic carbocycles. The predicted octanol–water partition coefficient (Wildman–Crippen LogP) is 4.30. The van der Waals surface area contributed by atoms with Crippen LogP contribution >= 0.6 is 39.7 Å². The first kappa shape index (κ1) is 15.9. The number of rotatable bonds is 3. The number of amides is 1. The van der Waals surface area contributed by atoms with Crippen LogP contribution in [0.15, 0.2) is 40.9 Å². The van der Waals surface area contributed by atoms with E-state index in [9.17, 15) is 4.79 Å². The number of carbonyl (C=O) groups excluding carboxylic acids is 1. The van der Waals surface area contributed by atoms with Crippen LogP contribution in [0.5, 0.6) is 0 Å². The molecule has 2 rings (SSSR count). The fourth-order valence-corrected chi connectivity index (χ4v) is 2.79. The van der Waals surface area contributed by atoms with Gasteiger partial charge in [0.2, 0.25) is 0 Å². The molecule has 0 fully saturated rings. The minimum absolute atomic E-state index is 0.232. The lowest BCUT2D eigenvalue weighted by atomic mass is 10.1. The van der Waals surface area contributed by atoms with Crippen molar-refractivity contribution in [2.75, 3.05) is 5.32 Å². The highest BCUT2D eigenvalue weighted by atomic mass is 79.9. The summed E-state index contributed by atoms with van der Waals surface area (Å²) in [4.78, 5) is 12.5. The molecule has 108 valence electrons. The molecule has 0 saturated carbocycles. The Bertz CT molecular complexity index is 713. The number of nitrogens with one attached hydrogen (secondary N) is 1. The van der Waals surface area contributed by atoms with Gasteiger partial charge in [-0.1, -0.05) is 39.7 Å². The summed E-state index contributed by atoms with van der Waals surface area (Å²) >= 11 is 14.4. The smallest absolute Gasteiger partial charge is 0.255 e. The molecular weight excluding hydrogens is 372 g/mol. The number of nitrogens with two attached hydrogens (primary N) is 1. The summed E-state index contributed by atoms with van der Waals surface area (Å²) in [6, 6.07) is 10.5. The molecule has 0 radical (unpaired) electrons. The molecule has 0 aliphatic rings. The fourth-order valence-electron chi connectivity index (χ4n) is 1.83. The topological polar surface area (TPSA) is 55.1 Å². The number of aryl methyl sites for hydroxylation is 1. The standard InChI is InChI=1S/C15H12BrClN2OS/c1-8-4-10(6-11(16)5-8)15(20)19-13-3-2-9(14(18)21)7-12(13)17/h2-7H,1H3,(H2,18,21)(H,19,20). The van der Waals surface area contributed by atoms with Gasteiger partial charge in [0, 0.05) is 15.6 Å². The van der Waals surface area contributed by atoms with Crippen molar-refractivity contribution in [3.8, 4) is 0 Å². The summed E-state index contributed by atoms with van der Waals surface area (Å²) < 4.78 is 0.850. The molecule has 2 aromatic carbocycles. The molecule has 21 heavy (non-hydrogen) atoms. The quantitative estimate of drug-likeness (QED) is 0.777. The van der Waals surface area contributed by atoms with Crippen LogP contribution in [0.25, 0.3) is 0 Å². The first-order chi connectivity index (χ1) is 9.86. The molecule has 1 amide bonds. The molecule has 0 aromatic heterocycles. The van der Waals surface area contributed by atoms with Crippen molar-refractivity contribution in [2.45, 2.75) is 6.92 Å². The highest BCUT2D eigenvalue weighted by Gasteiger charge is 2.10. The molecule has 0 spiro atoms. The molecule has 3 nitrogen and oxygen atoms in total. The number of anilines is 1. The average Bonchev–Trinajstić information content (AvgIpc) is 2.39. The second-order valence-corrected chi connectivity index (χ2v) is 6.29. The maximum Gasteiger partial charge on any atom is 0.255 e. The molecule has 3 N–H and O–H groups in total. The SMILES string of the molecule is Cc1cc(Br)cc(C(=O)Nc2ccc(C(N)=S)cc2Cl)c1. The van der Waals surface area contributed by atoms with E-state index < -0.39 is 0 Å². The molecule has 0 heterocycles. The molecule has 0 saturated heterocycles. The van der Waals surface area contributed by atoms with E-state index in [1.54, 1.807) is 30.3 Å². The lowest BCUT2D eigenvalue weighted by Gasteiger charge is -2.09. The van der Waals surface area contributed by atoms with E-state index in [4.69, 9.17) is 29.6 Å². The Hall–Kier alpha value is -1.43. The van der Waals surface area contributed by atoms with Crippen LogP contribution < -0.4 is 11.1 Å². The van der Waals surface area contributed by atoms with E-state index in [1.165, 1.54) is 0 Å². The first-order valence-corrected chi connectivity index (χ1v) is 7.62. The van der Waals surface area contributed by atoms with Gasteiger partial charge < -0.3 is 11.1 Å². The third-order valence-corrected chi connectivity index (χ3v) is 3.81. The number of hydrogen-bond acceptors (Lipinski definition) is 2. The van der Waals surface area contributed by atoms with Crippen LogP contribution in [0.4, 0.5) is 5.69 Å². The molecule has 2 aromatic rings. The minimum Gasteiger partial charge on any atom is -0.389 e. The molecular formula is C15H12BrClN2OS. The number of thiocarbonyl (C=S) groups is 1. The normalized spacial score (nSPS) is 10.2. The Morgan fingerprint density at radius 3 is 2.52 bits per heavy atom. The third kappa shape index (κ3) is 4.03. The number of benzene rings is 2. The van der Waals surface area contributed by atoms with E-state index in [1.807, 2.05) is 13.0 Å². The molecule has 0 bridgehead atoms. The summed E-state index contributed by atoms with van der Waals surface area (Å²) in [6.07, 6.45) is 0. The maximum absolute atomic E-state index is 12.2. The Morgan fingerprint density at radius 1 is 1.24 bits per heavy atom. The molecule has 6 heteroatoms. The van der Waals surface area contributed by atoms with Gasteiger partial charge in [-0.3, -0.25) is 4.79 Å². The summed E-state index contributed by atoms with van der Waals surface area (Å²) in [6.45, 7) is 1.92. The highest BCUT2D eigenvalue weighted by molar-refractivity contribution is 9.10. The summed E-state index contributed by atoms with van der Waals surface area (Å²) in [5.74, 6) is -0.232. The predicted molar refractivity (Wildman–Crippen MR) is 94.2 cm³/mol. The Balaban J connectivity index is 2.25. The molecule has 0 aliphatic heterocycles. The zero-order valence-electron chi connectivity index (χ0n) is 11.1.